The summed E-state index contributed by atoms with van der Waals surface area (Å²) in [4.78, 5) is 4.99. The van der Waals surface area contributed by atoms with Gasteiger partial charge in [0.25, 0.3) is 0 Å². The van der Waals surface area contributed by atoms with Crippen LogP contribution in [0.2, 0.25) is 0 Å². The molecule has 0 aliphatic heterocycles. The Morgan fingerprint density at radius 3 is 2.50 bits per heavy atom. The van der Waals surface area contributed by atoms with Crippen LogP contribution in [0.3, 0.4) is 0 Å². The third-order valence-electron chi connectivity index (χ3n) is 1.23. The zero-order valence-corrected chi connectivity index (χ0v) is 8.73. The van der Waals surface area contributed by atoms with Crippen LogP contribution in [-0.2, 0) is 0 Å². The van der Waals surface area contributed by atoms with Gasteiger partial charge < -0.3 is 0 Å². The molecule has 1 rings (SSSR count). The molecule has 2 heteroatoms. The third kappa shape index (κ3) is 3.09. The van der Waals surface area contributed by atoms with Crippen molar-refractivity contribution < 1.29 is 0 Å². The second-order valence-electron chi connectivity index (χ2n) is 2.12. The molecule has 0 amide bonds. The fourth-order valence-corrected chi connectivity index (χ4v) is 1.07. The largest absolute Gasteiger partial charge is 0.255 e. The minimum absolute atomic E-state index is 0.842. The van der Waals surface area contributed by atoms with E-state index in [1.165, 1.54) is 0 Å². The second-order valence-corrected chi connectivity index (χ2v) is 2.60. The zero-order valence-electron chi connectivity index (χ0n) is 7.83. The lowest BCUT2D eigenvalue weighted by atomic mass is 10.3. The Bertz CT molecular complexity index is 256. The van der Waals surface area contributed by atoms with Crippen molar-refractivity contribution in [2.45, 2.75) is 25.7 Å². The second kappa shape index (κ2) is 5.84. The number of thiol groups is 1. The van der Waals surface area contributed by atoms with E-state index in [1.54, 1.807) is 12.3 Å². The van der Waals surface area contributed by atoms with Gasteiger partial charge in [-0.25, -0.2) is 0 Å². The maximum absolute atomic E-state index is 4.21. The topological polar surface area (TPSA) is 12.9 Å². The molecule has 0 saturated carbocycles. The standard InChI is InChI=1S/C8H9NS.C2H6/c1-3-7-8(10)4-6(2)5-9-7;1-2/h3-5,10H,1H2,2H3;1-2H3. The van der Waals surface area contributed by atoms with Crippen molar-refractivity contribution in [3.05, 3.63) is 30.1 Å². The van der Waals surface area contributed by atoms with Gasteiger partial charge in [0, 0.05) is 11.1 Å². The molecule has 0 bridgehead atoms. The lowest BCUT2D eigenvalue weighted by molar-refractivity contribution is 1.17. The first-order valence-corrected chi connectivity index (χ1v) is 4.47. The van der Waals surface area contributed by atoms with Crippen molar-refractivity contribution in [1.29, 1.82) is 0 Å². The Kier molecular flexibility index (Phi) is 5.47. The van der Waals surface area contributed by atoms with Crippen LogP contribution in [-0.4, -0.2) is 4.98 Å². The van der Waals surface area contributed by atoms with Crippen molar-refractivity contribution in [2.75, 3.05) is 0 Å². The summed E-state index contributed by atoms with van der Waals surface area (Å²) in [5, 5.41) is 0. The summed E-state index contributed by atoms with van der Waals surface area (Å²) in [5.41, 5.74) is 1.96. The predicted octanol–water partition coefficient (Wildman–Crippen LogP) is 3.35. The molecule has 66 valence electrons. The van der Waals surface area contributed by atoms with Gasteiger partial charge in [0.05, 0.1) is 5.69 Å². The maximum Gasteiger partial charge on any atom is 0.0757 e. The van der Waals surface area contributed by atoms with Gasteiger partial charge in [0.1, 0.15) is 0 Å². The summed E-state index contributed by atoms with van der Waals surface area (Å²) in [5.74, 6) is 0. The molecule has 0 saturated heterocycles. The minimum Gasteiger partial charge on any atom is -0.255 e. The molecular formula is C10H15NS. The summed E-state index contributed by atoms with van der Waals surface area (Å²) in [6, 6.07) is 1.97. The maximum atomic E-state index is 4.21. The Labute approximate surface area is 79.9 Å². The highest BCUT2D eigenvalue weighted by atomic mass is 32.1. The van der Waals surface area contributed by atoms with E-state index in [0.29, 0.717) is 0 Å². The highest BCUT2D eigenvalue weighted by Gasteiger charge is 1.93. The Balaban J connectivity index is 0.000000561. The Morgan fingerprint density at radius 2 is 2.08 bits per heavy atom. The molecule has 0 fully saturated rings. The van der Waals surface area contributed by atoms with E-state index >= 15 is 0 Å². The molecule has 0 aliphatic rings. The fraction of sp³-hybridized carbons (Fsp3) is 0.300. The highest BCUT2D eigenvalue weighted by molar-refractivity contribution is 7.80. The molecule has 0 N–H and O–H groups in total. The van der Waals surface area contributed by atoms with E-state index in [-0.39, 0.29) is 0 Å². The van der Waals surface area contributed by atoms with Crippen LogP contribution >= 0.6 is 12.6 Å². The first kappa shape index (κ1) is 11.2. The molecule has 1 nitrogen and oxygen atoms in total. The van der Waals surface area contributed by atoms with Gasteiger partial charge >= 0.3 is 0 Å². The summed E-state index contributed by atoms with van der Waals surface area (Å²) in [6.45, 7) is 9.60. The van der Waals surface area contributed by atoms with Gasteiger partial charge in [-0.1, -0.05) is 20.4 Å². The molecular weight excluding hydrogens is 166 g/mol. The molecule has 0 radical (unpaired) electrons. The normalized spacial score (nSPS) is 8.33. The van der Waals surface area contributed by atoms with E-state index in [9.17, 15) is 0 Å². The molecule has 0 spiro atoms. The highest BCUT2D eigenvalue weighted by Crippen LogP contribution is 2.12. The number of rotatable bonds is 1. The van der Waals surface area contributed by atoms with Crippen LogP contribution in [0.5, 0.6) is 0 Å². The third-order valence-corrected chi connectivity index (χ3v) is 1.59. The molecule has 12 heavy (non-hydrogen) atoms. The summed E-state index contributed by atoms with van der Waals surface area (Å²) in [6.07, 6.45) is 3.50. The number of nitrogens with zero attached hydrogens (tertiary/aromatic N) is 1. The molecule has 0 atom stereocenters. The SMILES string of the molecule is C=Cc1ncc(C)cc1S.CC. The first-order chi connectivity index (χ1) is 5.74. The number of pyridine rings is 1. The lowest BCUT2D eigenvalue weighted by Crippen LogP contribution is -1.83. The van der Waals surface area contributed by atoms with Crippen molar-refractivity contribution in [3.63, 3.8) is 0 Å². The van der Waals surface area contributed by atoms with Crippen LogP contribution in [0.1, 0.15) is 25.1 Å². The van der Waals surface area contributed by atoms with Crippen molar-refractivity contribution in [2.24, 2.45) is 0 Å². The number of hydrogen-bond donors (Lipinski definition) is 1. The van der Waals surface area contributed by atoms with Crippen LogP contribution in [0.4, 0.5) is 0 Å². The van der Waals surface area contributed by atoms with Gasteiger partial charge in [0.15, 0.2) is 0 Å². The van der Waals surface area contributed by atoms with Crippen molar-refractivity contribution >= 4 is 18.7 Å². The number of aromatic nitrogens is 1. The number of aryl methyl sites for hydroxylation is 1. The average molecular weight is 181 g/mol. The molecule has 1 aromatic heterocycles. The summed E-state index contributed by atoms with van der Waals surface area (Å²) < 4.78 is 0. The van der Waals surface area contributed by atoms with Gasteiger partial charge in [0.2, 0.25) is 0 Å². The van der Waals surface area contributed by atoms with Gasteiger partial charge in [-0.3, -0.25) is 4.98 Å². The monoisotopic (exact) mass is 181 g/mol. The zero-order chi connectivity index (χ0) is 9.56. The van der Waals surface area contributed by atoms with Gasteiger partial charge in [-0.05, 0) is 24.6 Å². The van der Waals surface area contributed by atoms with Crippen molar-refractivity contribution in [1.82, 2.24) is 4.98 Å². The average Bonchev–Trinajstić information content (AvgIpc) is 2.08. The lowest BCUT2D eigenvalue weighted by Gasteiger charge is -1.97. The smallest absolute Gasteiger partial charge is 0.0757 e. The summed E-state index contributed by atoms with van der Waals surface area (Å²) in [7, 11) is 0. The molecule has 0 unspecified atom stereocenters. The van der Waals surface area contributed by atoms with E-state index < -0.39 is 0 Å². The molecule has 1 heterocycles. The molecule has 0 aliphatic carbocycles. The van der Waals surface area contributed by atoms with E-state index in [0.717, 1.165) is 16.2 Å². The molecule has 1 aromatic rings. The van der Waals surface area contributed by atoms with Gasteiger partial charge in [-0.15, -0.1) is 12.6 Å². The Morgan fingerprint density at radius 1 is 1.50 bits per heavy atom. The van der Waals surface area contributed by atoms with Crippen LogP contribution in [0.15, 0.2) is 23.7 Å². The Hall–Kier alpha value is -0.760. The summed E-state index contributed by atoms with van der Waals surface area (Å²) >= 11 is 4.21. The van der Waals surface area contributed by atoms with E-state index in [4.69, 9.17) is 0 Å². The van der Waals surface area contributed by atoms with E-state index in [1.807, 2.05) is 26.8 Å². The molecule has 0 aromatic carbocycles. The predicted molar refractivity (Wildman–Crippen MR) is 57.7 cm³/mol. The van der Waals surface area contributed by atoms with E-state index in [2.05, 4.69) is 24.2 Å². The first-order valence-electron chi connectivity index (χ1n) is 4.02. The van der Waals surface area contributed by atoms with Crippen molar-refractivity contribution in [3.8, 4) is 0 Å². The quantitative estimate of drug-likeness (QED) is 0.656. The van der Waals surface area contributed by atoms with Crippen LogP contribution in [0, 0.1) is 6.92 Å². The number of hydrogen-bond acceptors (Lipinski definition) is 2. The minimum atomic E-state index is 0.842. The van der Waals surface area contributed by atoms with Crippen LogP contribution < -0.4 is 0 Å². The van der Waals surface area contributed by atoms with Gasteiger partial charge in [-0.2, -0.15) is 0 Å². The van der Waals surface area contributed by atoms with Crippen LogP contribution in [0.25, 0.3) is 6.08 Å². The fourth-order valence-electron chi connectivity index (χ4n) is 0.722.